The van der Waals surface area contributed by atoms with Gasteiger partial charge in [0.05, 0.1) is 31.4 Å². The van der Waals surface area contributed by atoms with Crippen LogP contribution in [0.1, 0.15) is 18.5 Å². The van der Waals surface area contributed by atoms with E-state index in [4.69, 9.17) is 10.5 Å². The van der Waals surface area contributed by atoms with E-state index in [0.717, 1.165) is 51.3 Å². The quantitative estimate of drug-likeness (QED) is 0.784. The fraction of sp³-hybridized carbons (Fsp3) is 0.812. The molecule has 0 spiro atoms. The largest absolute Gasteiger partial charge is 0.378 e. The monoisotopic (exact) mass is 334 g/mol. The summed E-state index contributed by atoms with van der Waals surface area (Å²) in [4.78, 5) is 17.3. The number of piperidine rings is 3. The molecule has 4 aliphatic heterocycles. The van der Waals surface area contributed by atoms with Crippen molar-refractivity contribution in [3.63, 3.8) is 0 Å². The fourth-order valence-electron chi connectivity index (χ4n) is 4.36. The summed E-state index contributed by atoms with van der Waals surface area (Å²) < 4.78 is 7.26. The van der Waals surface area contributed by atoms with Crippen molar-refractivity contribution < 1.29 is 9.53 Å². The number of aromatic nitrogens is 3. The number of nitrogens with two attached hydrogens (primary N) is 1. The van der Waals surface area contributed by atoms with Crippen molar-refractivity contribution in [2.45, 2.75) is 32.0 Å². The molecule has 1 amide bonds. The van der Waals surface area contributed by atoms with Crippen molar-refractivity contribution >= 4 is 5.91 Å². The number of amides is 1. The minimum absolute atomic E-state index is 0.156. The second-order valence-corrected chi connectivity index (χ2v) is 7.11. The van der Waals surface area contributed by atoms with Crippen LogP contribution in [-0.4, -0.2) is 76.1 Å². The van der Waals surface area contributed by atoms with Crippen LogP contribution >= 0.6 is 0 Å². The van der Waals surface area contributed by atoms with Gasteiger partial charge in [-0.15, -0.1) is 5.10 Å². The molecular weight excluding hydrogens is 308 g/mol. The molecule has 4 atom stereocenters. The van der Waals surface area contributed by atoms with E-state index < -0.39 is 0 Å². The third-order valence-corrected chi connectivity index (χ3v) is 5.71. The molecule has 8 heteroatoms. The topological polar surface area (TPSA) is 89.5 Å². The van der Waals surface area contributed by atoms with E-state index in [-0.39, 0.29) is 5.92 Å². The van der Waals surface area contributed by atoms with Gasteiger partial charge in [-0.25, -0.2) is 0 Å². The number of morpholine rings is 1. The average Bonchev–Trinajstić information content (AvgIpc) is 3.10. The molecular formula is C16H26N6O2. The van der Waals surface area contributed by atoms with E-state index in [9.17, 15) is 4.79 Å². The molecule has 2 unspecified atom stereocenters. The lowest BCUT2D eigenvalue weighted by molar-refractivity contribution is -0.148. The summed E-state index contributed by atoms with van der Waals surface area (Å²) >= 11 is 0. The molecule has 0 aliphatic carbocycles. The van der Waals surface area contributed by atoms with Crippen molar-refractivity contribution in [1.82, 2.24) is 24.8 Å². The Morgan fingerprint density at radius 2 is 2.17 bits per heavy atom. The van der Waals surface area contributed by atoms with Gasteiger partial charge in [0.25, 0.3) is 0 Å². The first-order valence-electron chi connectivity index (χ1n) is 8.94. The minimum Gasteiger partial charge on any atom is -0.378 e. The smallest absolute Gasteiger partial charge is 0.227 e. The van der Waals surface area contributed by atoms with E-state index in [0.29, 0.717) is 37.6 Å². The normalized spacial score (nSPS) is 33.0. The molecule has 4 aliphatic rings. The predicted molar refractivity (Wildman–Crippen MR) is 86.9 cm³/mol. The van der Waals surface area contributed by atoms with Crippen LogP contribution in [0, 0.1) is 11.8 Å². The number of rotatable bonds is 4. The van der Waals surface area contributed by atoms with Gasteiger partial charge in [-0.1, -0.05) is 5.21 Å². The lowest BCUT2D eigenvalue weighted by Crippen LogP contribution is -2.59. The molecule has 132 valence electrons. The van der Waals surface area contributed by atoms with Gasteiger partial charge in [0.15, 0.2) is 0 Å². The van der Waals surface area contributed by atoms with Crippen LogP contribution in [-0.2, 0) is 22.6 Å². The van der Waals surface area contributed by atoms with Crippen LogP contribution in [0.15, 0.2) is 6.20 Å². The molecule has 5 heterocycles. The summed E-state index contributed by atoms with van der Waals surface area (Å²) in [6.45, 7) is 6.05. The van der Waals surface area contributed by atoms with Gasteiger partial charge < -0.3 is 15.4 Å². The Hall–Kier alpha value is -1.51. The third kappa shape index (κ3) is 3.05. The Morgan fingerprint density at radius 1 is 1.33 bits per heavy atom. The SMILES string of the molecule is NCc1cn(C[C@H]2CC3CCN2C[C@@H]3C(=O)N2CCOCC2)nn1. The number of hydrogen-bond acceptors (Lipinski definition) is 6. The Labute approximate surface area is 141 Å². The predicted octanol–water partition coefficient (Wildman–Crippen LogP) is -0.694. The lowest BCUT2D eigenvalue weighted by atomic mass is 9.75. The number of carbonyl (C=O) groups is 1. The number of fused-ring (bicyclic) bond motifs is 3. The van der Waals surface area contributed by atoms with E-state index in [1.54, 1.807) is 0 Å². The zero-order valence-corrected chi connectivity index (χ0v) is 14.0. The van der Waals surface area contributed by atoms with Crippen molar-refractivity contribution in [2.24, 2.45) is 17.6 Å². The number of carbonyl (C=O) groups excluding carboxylic acids is 1. The molecule has 2 bridgehead atoms. The van der Waals surface area contributed by atoms with E-state index in [1.165, 1.54) is 0 Å². The molecule has 0 saturated carbocycles. The molecule has 4 fully saturated rings. The first-order valence-corrected chi connectivity index (χ1v) is 8.94. The highest BCUT2D eigenvalue weighted by Gasteiger charge is 2.44. The zero-order valence-electron chi connectivity index (χ0n) is 14.0. The number of nitrogens with zero attached hydrogens (tertiary/aromatic N) is 5. The average molecular weight is 334 g/mol. The Morgan fingerprint density at radius 3 is 2.83 bits per heavy atom. The molecule has 0 aromatic carbocycles. The van der Waals surface area contributed by atoms with Gasteiger partial charge >= 0.3 is 0 Å². The van der Waals surface area contributed by atoms with Crippen LogP contribution < -0.4 is 5.73 Å². The summed E-state index contributed by atoms with van der Waals surface area (Å²) in [6.07, 6.45) is 4.13. The highest BCUT2D eigenvalue weighted by Crippen LogP contribution is 2.37. The maximum atomic E-state index is 12.9. The Balaban J connectivity index is 1.39. The van der Waals surface area contributed by atoms with Gasteiger partial charge in [0.2, 0.25) is 5.91 Å². The molecule has 1 aromatic rings. The van der Waals surface area contributed by atoms with E-state index >= 15 is 0 Å². The summed E-state index contributed by atoms with van der Waals surface area (Å²) in [5.41, 5.74) is 6.43. The summed E-state index contributed by atoms with van der Waals surface area (Å²) in [5, 5.41) is 8.23. The summed E-state index contributed by atoms with van der Waals surface area (Å²) in [7, 11) is 0. The van der Waals surface area contributed by atoms with Crippen LogP contribution in [0.5, 0.6) is 0 Å². The molecule has 2 N–H and O–H groups in total. The second-order valence-electron chi connectivity index (χ2n) is 7.11. The second kappa shape index (κ2) is 6.78. The first kappa shape index (κ1) is 16.0. The van der Waals surface area contributed by atoms with Gasteiger partial charge in [-0.2, -0.15) is 0 Å². The van der Waals surface area contributed by atoms with Crippen molar-refractivity contribution in [1.29, 1.82) is 0 Å². The standard InChI is InChI=1S/C16H26N6O2/c17-8-13-9-22(19-18-13)10-14-7-12-1-2-21(14)11-15(12)16(23)20-3-5-24-6-4-20/h9,12,14-15H,1-8,10-11,17H2/t12?,14-,15+/m1/s1. The molecule has 0 radical (unpaired) electrons. The molecule has 1 aromatic heterocycles. The van der Waals surface area contributed by atoms with Gasteiger partial charge in [-0.05, 0) is 25.3 Å². The van der Waals surface area contributed by atoms with Crippen LogP contribution in [0.4, 0.5) is 0 Å². The molecule has 4 saturated heterocycles. The van der Waals surface area contributed by atoms with E-state index in [1.807, 2.05) is 15.8 Å². The molecule has 8 nitrogen and oxygen atoms in total. The highest BCUT2D eigenvalue weighted by molar-refractivity contribution is 5.79. The zero-order chi connectivity index (χ0) is 16.5. The first-order chi connectivity index (χ1) is 11.7. The third-order valence-electron chi connectivity index (χ3n) is 5.71. The maximum absolute atomic E-state index is 12.9. The van der Waals surface area contributed by atoms with Crippen molar-refractivity contribution in [3.05, 3.63) is 11.9 Å². The lowest BCUT2D eigenvalue weighted by Gasteiger charge is -2.50. The van der Waals surface area contributed by atoms with Gasteiger partial charge in [-0.3, -0.25) is 14.4 Å². The van der Waals surface area contributed by atoms with Crippen molar-refractivity contribution in [3.8, 4) is 0 Å². The fourth-order valence-corrected chi connectivity index (χ4v) is 4.36. The number of hydrogen-bond donors (Lipinski definition) is 1. The van der Waals surface area contributed by atoms with Crippen LogP contribution in [0.25, 0.3) is 0 Å². The Kier molecular flexibility index (Phi) is 4.51. The Bertz CT molecular complexity index is 585. The molecule has 5 rings (SSSR count). The summed E-state index contributed by atoms with van der Waals surface area (Å²) in [6, 6.07) is 0.449. The van der Waals surface area contributed by atoms with E-state index in [2.05, 4.69) is 15.2 Å². The number of ether oxygens (including phenoxy) is 1. The van der Waals surface area contributed by atoms with Crippen LogP contribution in [0.2, 0.25) is 0 Å². The summed E-state index contributed by atoms with van der Waals surface area (Å²) in [5.74, 6) is 0.980. The van der Waals surface area contributed by atoms with Gasteiger partial charge in [0.1, 0.15) is 0 Å². The highest BCUT2D eigenvalue weighted by atomic mass is 16.5. The maximum Gasteiger partial charge on any atom is 0.227 e. The van der Waals surface area contributed by atoms with Crippen molar-refractivity contribution in [2.75, 3.05) is 39.4 Å². The minimum atomic E-state index is 0.156. The van der Waals surface area contributed by atoms with Crippen LogP contribution in [0.3, 0.4) is 0 Å². The molecule has 24 heavy (non-hydrogen) atoms. The van der Waals surface area contributed by atoms with Gasteiger partial charge in [0, 0.05) is 38.4 Å².